The van der Waals surface area contributed by atoms with Crippen molar-refractivity contribution in [2.45, 2.75) is 45.7 Å². The Morgan fingerprint density at radius 3 is 2.52 bits per heavy atom. The van der Waals surface area contributed by atoms with E-state index >= 15 is 0 Å². The highest BCUT2D eigenvalue weighted by molar-refractivity contribution is 6.35. The molecule has 2 N–H and O–H groups in total. The molecule has 0 spiro atoms. The number of carbonyl (C=O) groups excluding carboxylic acids is 3. The van der Waals surface area contributed by atoms with E-state index in [4.69, 9.17) is 32.7 Å². The van der Waals surface area contributed by atoms with E-state index in [2.05, 4.69) is 15.8 Å². The van der Waals surface area contributed by atoms with E-state index in [1.54, 1.807) is 31.3 Å². The van der Waals surface area contributed by atoms with Gasteiger partial charge in [0.15, 0.2) is 0 Å². The molecule has 0 saturated heterocycles. The van der Waals surface area contributed by atoms with Crippen molar-refractivity contribution in [3.63, 3.8) is 0 Å². The first-order valence-corrected chi connectivity index (χ1v) is 15.0. The maximum absolute atomic E-state index is 13.3. The number of fused-ring (bicyclic) bond motifs is 1. The van der Waals surface area contributed by atoms with Gasteiger partial charge in [-0.25, -0.2) is 5.43 Å². The largest absolute Gasteiger partial charge is 0.492 e. The third-order valence-corrected chi connectivity index (χ3v) is 7.41. The highest BCUT2D eigenvalue weighted by Gasteiger charge is 2.21. The zero-order valence-electron chi connectivity index (χ0n) is 24.5. The summed E-state index contributed by atoms with van der Waals surface area (Å²) in [6.07, 6.45) is 2.39. The molecule has 0 unspecified atom stereocenters. The van der Waals surface area contributed by atoms with Crippen LogP contribution in [-0.4, -0.2) is 47.8 Å². The smallest absolute Gasteiger partial charge is 0.325 e. The standard InChI is InChI=1S/C33H34Cl2N4O5/c1-3-43-32(41)21-39-22(2)26(25-12-7-8-13-29(25)39)20-36-38-33(42)28(18-23-10-5-4-6-11-23)37-31(40)14-9-17-44-30-16-15-24(34)19-27(30)35/h4-8,10-13,15-16,19-20,28H,3,9,14,17-18,21H2,1-2H3,(H,37,40)(H,38,42)/b36-20-/t28-/m0/s1. The number of hydrogen-bond donors (Lipinski definition) is 2. The molecule has 230 valence electrons. The number of nitrogens with zero attached hydrogens (tertiary/aromatic N) is 2. The number of para-hydroxylation sites is 1. The minimum atomic E-state index is -0.861. The van der Waals surface area contributed by atoms with Gasteiger partial charge in [-0.2, -0.15) is 5.10 Å². The average molecular weight is 638 g/mol. The normalized spacial score (nSPS) is 11.8. The number of ether oxygens (including phenoxy) is 2. The monoisotopic (exact) mass is 636 g/mol. The zero-order valence-corrected chi connectivity index (χ0v) is 26.0. The van der Waals surface area contributed by atoms with Crippen LogP contribution in [0.15, 0.2) is 77.9 Å². The van der Waals surface area contributed by atoms with Crippen LogP contribution in [0.1, 0.15) is 36.6 Å². The third kappa shape index (κ3) is 8.84. The molecular weight excluding hydrogens is 603 g/mol. The average Bonchev–Trinajstić information content (AvgIpc) is 3.26. The first kappa shape index (κ1) is 32.6. The summed E-state index contributed by atoms with van der Waals surface area (Å²) in [6.45, 7) is 4.26. The molecular formula is C33H34Cl2N4O5. The molecule has 1 aromatic heterocycles. The van der Waals surface area contributed by atoms with Gasteiger partial charge >= 0.3 is 5.97 Å². The molecule has 1 heterocycles. The molecule has 4 rings (SSSR count). The van der Waals surface area contributed by atoms with Gasteiger partial charge in [-0.3, -0.25) is 14.4 Å². The number of hydrazone groups is 1. The quantitative estimate of drug-likeness (QED) is 0.0780. The Hall–Kier alpha value is -4.34. The summed E-state index contributed by atoms with van der Waals surface area (Å²) >= 11 is 12.1. The van der Waals surface area contributed by atoms with Crippen LogP contribution in [-0.2, 0) is 32.1 Å². The molecule has 0 saturated carbocycles. The number of halogens is 2. The summed E-state index contributed by atoms with van der Waals surface area (Å²) < 4.78 is 12.7. The predicted octanol–water partition coefficient (Wildman–Crippen LogP) is 5.86. The number of rotatable bonds is 14. The Kier molecular flexibility index (Phi) is 11.8. The van der Waals surface area contributed by atoms with Crippen molar-refractivity contribution in [1.29, 1.82) is 0 Å². The van der Waals surface area contributed by atoms with E-state index in [0.29, 0.717) is 28.8 Å². The molecule has 44 heavy (non-hydrogen) atoms. The molecule has 0 radical (unpaired) electrons. The molecule has 1 atom stereocenters. The lowest BCUT2D eigenvalue weighted by Gasteiger charge is -2.17. The Labute approximate surface area is 266 Å². The molecule has 3 aromatic carbocycles. The van der Waals surface area contributed by atoms with Gasteiger partial charge < -0.3 is 19.4 Å². The Morgan fingerprint density at radius 2 is 1.77 bits per heavy atom. The Bertz CT molecular complexity index is 1640. The predicted molar refractivity (Wildman–Crippen MR) is 172 cm³/mol. The first-order chi connectivity index (χ1) is 21.3. The minimum absolute atomic E-state index is 0.0589. The zero-order chi connectivity index (χ0) is 31.5. The Balaban J connectivity index is 1.41. The molecule has 2 amide bonds. The maximum Gasteiger partial charge on any atom is 0.325 e. The number of amides is 2. The maximum atomic E-state index is 13.3. The van der Waals surface area contributed by atoms with Crippen LogP contribution in [0, 0.1) is 6.92 Å². The molecule has 11 heteroatoms. The van der Waals surface area contributed by atoms with Gasteiger partial charge in [0.25, 0.3) is 5.91 Å². The molecule has 0 aliphatic heterocycles. The summed E-state index contributed by atoms with van der Waals surface area (Å²) in [7, 11) is 0. The van der Waals surface area contributed by atoms with E-state index in [1.807, 2.05) is 66.1 Å². The molecule has 0 bridgehead atoms. The Morgan fingerprint density at radius 1 is 1.02 bits per heavy atom. The fourth-order valence-electron chi connectivity index (χ4n) is 4.73. The van der Waals surface area contributed by atoms with E-state index in [0.717, 1.165) is 27.7 Å². The lowest BCUT2D eigenvalue weighted by Crippen LogP contribution is -2.46. The van der Waals surface area contributed by atoms with E-state index in [-0.39, 0.29) is 37.9 Å². The summed E-state index contributed by atoms with van der Waals surface area (Å²) in [6, 6.07) is 21.1. The molecule has 0 fully saturated rings. The van der Waals surface area contributed by atoms with Crippen LogP contribution in [0.2, 0.25) is 10.0 Å². The SMILES string of the molecule is CCOC(=O)Cn1c(C)c(/C=N\NC(=O)[C@H](Cc2ccccc2)NC(=O)CCCOc2ccc(Cl)cc2Cl)c2ccccc21. The lowest BCUT2D eigenvalue weighted by molar-refractivity contribution is -0.143. The van der Waals surface area contributed by atoms with Crippen LogP contribution in [0.3, 0.4) is 0 Å². The van der Waals surface area contributed by atoms with Gasteiger partial charge in [-0.1, -0.05) is 71.7 Å². The summed E-state index contributed by atoms with van der Waals surface area (Å²) in [4.78, 5) is 38.3. The van der Waals surface area contributed by atoms with Crippen LogP contribution in [0.25, 0.3) is 10.9 Å². The van der Waals surface area contributed by atoms with Crippen molar-refractivity contribution in [1.82, 2.24) is 15.3 Å². The number of aromatic nitrogens is 1. The van der Waals surface area contributed by atoms with Gasteiger partial charge in [0.05, 0.1) is 24.5 Å². The second kappa shape index (κ2) is 15.9. The number of benzene rings is 3. The van der Waals surface area contributed by atoms with Gasteiger partial charge in [0.1, 0.15) is 18.3 Å². The van der Waals surface area contributed by atoms with Crippen LogP contribution < -0.4 is 15.5 Å². The van der Waals surface area contributed by atoms with Crippen molar-refractivity contribution >= 4 is 58.1 Å². The molecule has 9 nitrogen and oxygen atoms in total. The summed E-state index contributed by atoms with van der Waals surface area (Å²) in [5.41, 5.74) is 5.88. The second-order valence-electron chi connectivity index (χ2n) is 9.98. The molecule has 0 aliphatic rings. The second-order valence-corrected chi connectivity index (χ2v) is 10.8. The fourth-order valence-corrected chi connectivity index (χ4v) is 5.19. The number of carbonyl (C=O) groups is 3. The summed E-state index contributed by atoms with van der Waals surface area (Å²) in [5.74, 6) is -0.618. The number of hydrogen-bond acceptors (Lipinski definition) is 6. The topological polar surface area (TPSA) is 111 Å². The highest BCUT2D eigenvalue weighted by Crippen LogP contribution is 2.28. The molecule has 0 aliphatic carbocycles. The van der Waals surface area contributed by atoms with Crippen molar-refractivity contribution in [2.24, 2.45) is 5.10 Å². The third-order valence-electron chi connectivity index (χ3n) is 6.87. The first-order valence-electron chi connectivity index (χ1n) is 14.2. The van der Waals surface area contributed by atoms with Crippen LogP contribution in [0.5, 0.6) is 5.75 Å². The highest BCUT2D eigenvalue weighted by atomic mass is 35.5. The molecule has 4 aromatic rings. The van der Waals surface area contributed by atoms with Crippen molar-refractivity contribution in [3.05, 3.63) is 99.7 Å². The van der Waals surface area contributed by atoms with Gasteiger partial charge in [-0.05, 0) is 50.1 Å². The fraction of sp³-hybridized carbons (Fsp3) is 0.273. The van der Waals surface area contributed by atoms with Crippen molar-refractivity contribution < 1.29 is 23.9 Å². The van der Waals surface area contributed by atoms with Crippen molar-refractivity contribution in [3.8, 4) is 5.75 Å². The van der Waals surface area contributed by atoms with Crippen molar-refractivity contribution in [2.75, 3.05) is 13.2 Å². The minimum Gasteiger partial charge on any atom is -0.492 e. The van der Waals surface area contributed by atoms with Gasteiger partial charge in [-0.15, -0.1) is 0 Å². The lowest BCUT2D eigenvalue weighted by atomic mass is 10.1. The number of esters is 1. The van der Waals surface area contributed by atoms with E-state index < -0.39 is 11.9 Å². The summed E-state index contributed by atoms with van der Waals surface area (Å²) in [5, 5.41) is 8.83. The van der Waals surface area contributed by atoms with Crippen LogP contribution >= 0.6 is 23.2 Å². The van der Waals surface area contributed by atoms with Crippen LogP contribution in [0.4, 0.5) is 0 Å². The number of nitrogens with one attached hydrogen (secondary N) is 2. The van der Waals surface area contributed by atoms with E-state index in [1.165, 1.54) is 0 Å². The van der Waals surface area contributed by atoms with E-state index in [9.17, 15) is 14.4 Å². The van der Waals surface area contributed by atoms with Gasteiger partial charge in [0, 0.05) is 40.0 Å². The van der Waals surface area contributed by atoms with Gasteiger partial charge in [0.2, 0.25) is 5.91 Å².